The topological polar surface area (TPSA) is 36.9 Å². The molecule has 0 bridgehead atoms. The van der Waals surface area contributed by atoms with Crippen molar-refractivity contribution in [3.63, 3.8) is 0 Å². The lowest BCUT2D eigenvalue weighted by atomic mass is 9.70. The zero-order chi connectivity index (χ0) is 13.1. The average Bonchev–Trinajstić information content (AvgIpc) is 2.41. The predicted molar refractivity (Wildman–Crippen MR) is 70.4 cm³/mol. The van der Waals surface area contributed by atoms with Crippen LogP contribution < -0.4 is 0 Å². The van der Waals surface area contributed by atoms with E-state index < -0.39 is 0 Å². The van der Waals surface area contributed by atoms with E-state index >= 15 is 0 Å². The molecule has 1 aliphatic carbocycles. The Hall–Kier alpha value is -0.160. The molecule has 1 saturated carbocycles. The molecule has 0 heterocycles. The van der Waals surface area contributed by atoms with Crippen molar-refractivity contribution in [1.82, 2.24) is 0 Å². The lowest BCUT2D eigenvalue weighted by molar-refractivity contribution is -0.0598. The van der Waals surface area contributed by atoms with E-state index in [1.165, 1.54) is 32.1 Å². The first-order chi connectivity index (χ1) is 8.83. The minimum absolute atomic E-state index is 0.399. The van der Waals surface area contributed by atoms with Crippen molar-refractivity contribution >= 4 is 0 Å². The van der Waals surface area contributed by atoms with Gasteiger partial charge in [0.1, 0.15) is 13.6 Å². The van der Waals surface area contributed by atoms with Crippen LogP contribution in [0.25, 0.3) is 0 Å². The molecule has 1 fully saturated rings. The van der Waals surface area contributed by atoms with Crippen molar-refractivity contribution in [2.45, 2.75) is 44.9 Å². The summed E-state index contributed by atoms with van der Waals surface area (Å²) in [5, 5.41) is 0. The standard InChI is InChI=1S/C14H28O4/c1-15-12-17-10-8-14(6-4-3-5-7-14)9-11-18-13-16-2/h3-13H2,1-2H3. The summed E-state index contributed by atoms with van der Waals surface area (Å²) in [5.74, 6) is 0. The normalized spacial score (nSPS) is 19.0. The van der Waals surface area contributed by atoms with Gasteiger partial charge in [-0.25, -0.2) is 0 Å². The maximum Gasteiger partial charge on any atom is 0.146 e. The summed E-state index contributed by atoms with van der Waals surface area (Å²) in [6, 6.07) is 0. The van der Waals surface area contributed by atoms with Crippen LogP contribution in [0.5, 0.6) is 0 Å². The fourth-order valence-electron chi connectivity index (χ4n) is 2.79. The maximum atomic E-state index is 5.45. The van der Waals surface area contributed by atoms with E-state index in [2.05, 4.69) is 0 Å². The number of rotatable bonds is 10. The van der Waals surface area contributed by atoms with Crippen molar-refractivity contribution in [2.75, 3.05) is 41.0 Å². The Balaban J connectivity index is 2.27. The third kappa shape index (κ3) is 6.14. The Morgan fingerprint density at radius 2 is 1.28 bits per heavy atom. The van der Waals surface area contributed by atoms with Gasteiger partial charge in [0, 0.05) is 27.4 Å². The maximum absolute atomic E-state index is 5.45. The van der Waals surface area contributed by atoms with Gasteiger partial charge in [0.25, 0.3) is 0 Å². The third-order valence-electron chi connectivity index (χ3n) is 3.87. The summed E-state index contributed by atoms with van der Waals surface area (Å²) in [7, 11) is 3.32. The van der Waals surface area contributed by atoms with Crippen molar-refractivity contribution in [3.8, 4) is 0 Å². The highest BCUT2D eigenvalue weighted by Crippen LogP contribution is 2.42. The molecule has 4 nitrogen and oxygen atoms in total. The Kier molecular flexibility index (Phi) is 8.59. The average molecular weight is 260 g/mol. The minimum Gasteiger partial charge on any atom is -0.359 e. The van der Waals surface area contributed by atoms with Crippen LogP contribution in [0.4, 0.5) is 0 Å². The van der Waals surface area contributed by atoms with Crippen molar-refractivity contribution < 1.29 is 18.9 Å². The summed E-state index contributed by atoms with van der Waals surface area (Å²) < 4.78 is 20.7. The summed E-state index contributed by atoms with van der Waals surface area (Å²) in [6.45, 7) is 2.38. The van der Waals surface area contributed by atoms with Gasteiger partial charge in [-0.2, -0.15) is 0 Å². The quantitative estimate of drug-likeness (QED) is 0.447. The zero-order valence-corrected chi connectivity index (χ0v) is 11.9. The molecule has 0 saturated heterocycles. The van der Waals surface area contributed by atoms with E-state index in [1.54, 1.807) is 14.2 Å². The van der Waals surface area contributed by atoms with E-state index in [9.17, 15) is 0 Å². The molecule has 0 N–H and O–H groups in total. The smallest absolute Gasteiger partial charge is 0.146 e. The molecular formula is C14H28O4. The fraction of sp³-hybridized carbons (Fsp3) is 1.00. The second kappa shape index (κ2) is 9.73. The highest BCUT2D eigenvalue weighted by molar-refractivity contribution is 4.82. The van der Waals surface area contributed by atoms with Crippen LogP contribution in [0.3, 0.4) is 0 Å². The Morgan fingerprint density at radius 1 is 0.778 bits per heavy atom. The SMILES string of the molecule is COCOCCC1(CCOCOC)CCCCC1. The van der Waals surface area contributed by atoms with Gasteiger partial charge in [-0.05, 0) is 31.1 Å². The van der Waals surface area contributed by atoms with Crippen LogP contribution in [0.1, 0.15) is 44.9 Å². The van der Waals surface area contributed by atoms with Gasteiger partial charge >= 0.3 is 0 Å². The number of methoxy groups -OCH3 is 2. The first-order valence-corrected chi connectivity index (χ1v) is 6.96. The lowest BCUT2D eigenvalue weighted by Gasteiger charge is -2.37. The molecule has 18 heavy (non-hydrogen) atoms. The van der Waals surface area contributed by atoms with Gasteiger partial charge in [-0.3, -0.25) is 0 Å². The fourth-order valence-corrected chi connectivity index (χ4v) is 2.79. The zero-order valence-electron chi connectivity index (χ0n) is 11.9. The van der Waals surface area contributed by atoms with Crippen LogP contribution >= 0.6 is 0 Å². The van der Waals surface area contributed by atoms with Crippen molar-refractivity contribution in [3.05, 3.63) is 0 Å². The van der Waals surface area contributed by atoms with Gasteiger partial charge in [0.2, 0.25) is 0 Å². The molecular weight excluding hydrogens is 232 g/mol. The molecule has 4 heteroatoms. The largest absolute Gasteiger partial charge is 0.359 e. The van der Waals surface area contributed by atoms with E-state index in [1.807, 2.05) is 0 Å². The van der Waals surface area contributed by atoms with Crippen LogP contribution in [0.15, 0.2) is 0 Å². The monoisotopic (exact) mass is 260 g/mol. The van der Waals surface area contributed by atoms with Crippen molar-refractivity contribution in [2.24, 2.45) is 5.41 Å². The third-order valence-corrected chi connectivity index (χ3v) is 3.87. The molecule has 0 aromatic carbocycles. The molecule has 1 aliphatic rings. The summed E-state index contributed by atoms with van der Waals surface area (Å²) in [5.41, 5.74) is 0.416. The summed E-state index contributed by atoms with van der Waals surface area (Å²) >= 11 is 0. The highest BCUT2D eigenvalue weighted by atomic mass is 16.7. The molecule has 0 aromatic heterocycles. The van der Waals surface area contributed by atoms with Gasteiger partial charge < -0.3 is 18.9 Å². The molecule has 0 aliphatic heterocycles. The molecule has 0 aromatic rings. The first-order valence-electron chi connectivity index (χ1n) is 6.96. The number of hydrogen-bond acceptors (Lipinski definition) is 4. The highest BCUT2D eigenvalue weighted by Gasteiger charge is 2.31. The van der Waals surface area contributed by atoms with Crippen LogP contribution in [-0.4, -0.2) is 41.0 Å². The van der Waals surface area contributed by atoms with Gasteiger partial charge in [0.15, 0.2) is 0 Å². The number of hydrogen-bond donors (Lipinski definition) is 0. The minimum atomic E-state index is 0.399. The lowest BCUT2D eigenvalue weighted by Crippen LogP contribution is -2.28. The van der Waals surface area contributed by atoms with Crippen LogP contribution in [0, 0.1) is 5.41 Å². The molecule has 0 atom stereocenters. The van der Waals surface area contributed by atoms with E-state index in [-0.39, 0.29) is 0 Å². The van der Waals surface area contributed by atoms with Gasteiger partial charge in [0.05, 0.1) is 0 Å². The second-order valence-electron chi connectivity index (χ2n) is 5.19. The predicted octanol–water partition coefficient (Wildman–Crippen LogP) is 2.96. The molecule has 0 amide bonds. The van der Waals surface area contributed by atoms with E-state index in [4.69, 9.17) is 18.9 Å². The first kappa shape index (κ1) is 15.9. The molecule has 0 unspecified atom stereocenters. The van der Waals surface area contributed by atoms with Crippen LogP contribution in [-0.2, 0) is 18.9 Å². The Labute approximate surface area is 111 Å². The summed E-state index contributed by atoms with van der Waals surface area (Å²) in [6.07, 6.45) is 8.90. The van der Waals surface area contributed by atoms with Gasteiger partial charge in [-0.1, -0.05) is 19.3 Å². The summed E-state index contributed by atoms with van der Waals surface area (Å²) in [4.78, 5) is 0. The Morgan fingerprint density at radius 3 is 1.72 bits per heavy atom. The molecule has 108 valence electrons. The van der Waals surface area contributed by atoms with Crippen LogP contribution in [0.2, 0.25) is 0 Å². The number of ether oxygens (including phenoxy) is 4. The van der Waals surface area contributed by atoms with Crippen molar-refractivity contribution in [1.29, 1.82) is 0 Å². The van der Waals surface area contributed by atoms with E-state index in [0.29, 0.717) is 19.0 Å². The van der Waals surface area contributed by atoms with E-state index in [0.717, 1.165) is 26.1 Å². The molecule has 0 radical (unpaired) electrons. The molecule has 0 spiro atoms. The second-order valence-corrected chi connectivity index (χ2v) is 5.19. The molecule has 1 rings (SSSR count). The Bertz CT molecular complexity index is 176. The van der Waals surface area contributed by atoms with Gasteiger partial charge in [-0.15, -0.1) is 0 Å².